The Bertz CT molecular complexity index is 930. The lowest BCUT2D eigenvalue weighted by Crippen LogP contribution is -2.12. The zero-order valence-electron chi connectivity index (χ0n) is 13.4. The number of aromatic nitrogens is 6. The van der Waals surface area contributed by atoms with Gasteiger partial charge in [0.2, 0.25) is 10.3 Å². The summed E-state index contributed by atoms with van der Waals surface area (Å²) < 4.78 is 2.89. The summed E-state index contributed by atoms with van der Waals surface area (Å²) in [5.41, 5.74) is 1.79. The van der Waals surface area contributed by atoms with Crippen molar-refractivity contribution in [1.82, 2.24) is 29.7 Å². The molecule has 0 aliphatic rings. The van der Waals surface area contributed by atoms with Crippen molar-refractivity contribution in [3.63, 3.8) is 0 Å². The SMILES string of the molecule is Nn1c(SSc2nnc(-c3ccccc3)n2N)nnc1-c1ccccc1. The zero-order chi connectivity index (χ0) is 17.9. The molecule has 4 aromatic rings. The molecule has 0 spiro atoms. The van der Waals surface area contributed by atoms with Crippen LogP contribution in [0.15, 0.2) is 71.0 Å². The monoisotopic (exact) mass is 382 g/mol. The predicted octanol–water partition coefficient (Wildman–Crippen LogP) is 2.43. The van der Waals surface area contributed by atoms with Gasteiger partial charge < -0.3 is 11.7 Å². The van der Waals surface area contributed by atoms with Gasteiger partial charge >= 0.3 is 0 Å². The van der Waals surface area contributed by atoms with Gasteiger partial charge in [0.15, 0.2) is 11.6 Å². The fraction of sp³-hybridized carbons (Fsp3) is 0. The van der Waals surface area contributed by atoms with Crippen molar-refractivity contribution < 1.29 is 0 Å². The van der Waals surface area contributed by atoms with Gasteiger partial charge in [-0.2, -0.15) is 0 Å². The van der Waals surface area contributed by atoms with Crippen LogP contribution in [-0.2, 0) is 0 Å². The van der Waals surface area contributed by atoms with Gasteiger partial charge in [-0.3, -0.25) is 0 Å². The van der Waals surface area contributed by atoms with E-state index in [1.54, 1.807) is 0 Å². The molecule has 0 atom stereocenters. The summed E-state index contributed by atoms with van der Waals surface area (Å²) in [4.78, 5) is 0. The molecular formula is C16H14N8S2. The van der Waals surface area contributed by atoms with Gasteiger partial charge in [0.1, 0.15) is 0 Å². The van der Waals surface area contributed by atoms with Crippen LogP contribution in [0, 0.1) is 0 Å². The number of nitrogens with two attached hydrogens (primary N) is 2. The van der Waals surface area contributed by atoms with E-state index in [4.69, 9.17) is 11.7 Å². The summed E-state index contributed by atoms with van der Waals surface area (Å²) in [6.45, 7) is 0. The Balaban J connectivity index is 1.52. The second-order valence-corrected chi connectivity index (χ2v) is 7.31. The number of benzene rings is 2. The van der Waals surface area contributed by atoms with Crippen LogP contribution in [0.3, 0.4) is 0 Å². The highest BCUT2D eigenvalue weighted by atomic mass is 33.1. The highest BCUT2D eigenvalue weighted by Gasteiger charge is 2.16. The molecule has 8 nitrogen and oxygen atoms in total. The Kier molecular flexibility index (Phi) is 4.50. The summed E-state index contributed by atoms with van der Waals surface area (Å²) in [7, 11) is 2.63. The van der Waals surface area contributed by atoms with Crippen LogP contribution >= 0.6 is 21.6 Å². The van der Waals surface area contributed by atoms with E-state index in [1.807, 2.05) is 60.7 Å². The summed E-state index contributed by atoms with van der Waals surface area (Å²) in [6, 6.07) is 19.3. The summed E-state index contributed by atoms with van der Waals surface area (Å²) in [6.07, 6.45) is 0. The highest BCUT2D eigenvalue weighted by Crippen LogP contribution is 2.36. The van der Waals surface area contributed by atoms with E-state index in [-0.39, 0.29) is 0 Å². The third kappa shape index (κ3) is 3.11. The molecule has 10 heteroatoms. The summed E-state index contributed by atoms with van der Waals surface area (Å²) >= 11 is 0. The molecule has 2 aromatic carbocycles. The van der Waals surface area contributed by atoms with Crippen molar-refractivity contribution in [2.75, 3.05) is 11.7 Å². The molecule has 4 N–H and O–H groups in total. The third-order valence-corrected chi connectivity index (χ3v) is 5.67. The Morgan fingerprint density at radius 2 is 0.962 bits per heavy atom. The number of rotatable bonds is 5. The maximum atomic E-state index is 6.12. The highest BCUT2D eigenvalue weighted by molar-refractivity contribution is 8.76. The van der Waals surface area contributed by atoms with E-state index < -0.39 is 0 Å². The Morgan fingerprint density at radius 1 is 0.577 bits per heavy atom. The first-order valence-electron chi connectivity index (χ1n) is 7.60. The van der Waals surface area contributed by atoms with Crippen LogP contribution < -0.4 is 11.7 Å². The molecular weight excluding hydrogens is 368 g/mol. The van der Waals surface area contributed by atoms with Crippen molar-refractivity contribution in [1.29, 1.82) is 0 Å². The lowest BCUT2D eigenvalue weighted by Gasteiger charge is -2.04. The van der Waals surface area contributed by atoms with Crippen LogP contribution in [0.25, 0.3) is 22.8 Å². The van der Waals surface area contributed by atoms with Crippen molar-refractivity contribution in [2.45, 2.75) is 10.3 Å². The lowest BCUT2D eigenvalue weighted by atomic mass is 10.2. The van der Waals surface area contributed by atoms with Crippen LogP contribution in [0.2, 0.25) is 0 Å². The number of nitrogen functional groups attached to an aromatic ring is 2. The molecule has 26 heavy (non-hydrogen) atoms. The fourth-order valence-corrected chi connectivity index (χ4v) is 4.07. The molecule has 4 rings (SSSR count). The standard InChI is InChI=1S/C16H14N8S2/c17-23-13(11-7-3-1-4-8-11)19-21-15(23)25-26-16-22-20-14(24(16)18)12-9-5-2-6-10-12/h1-10H,17-18H2. The average molecular weight is 382 g/mol. The quantitative estimate of drug-likeness (QED) is 0.400. The molecule has 0 saturated carbocycles. The zero-order valence-corrected chi connectivity index (χ0v) is 15.1. The third-order valence-electron chi connectivity index (χ3n) is 3.58. The molecule has 0 unspecified atom stereocenters. The van der Waals surface area contributed by atoms with Gasteiger partial charge in [-0.05, 0) is 21.6 Å². The Morgan fingerprint density at radius 3 is 1.35 bits per heavy atom. The summed E-state index contributed by atoms with van der Waals surface area (Å²) in [5.74, 6) is 13.4. The second-order valence-electron chi connectivity index (χ2n) is 5.25. The van der Waals surface area contributed by atoms with Gasteiger partial charge in [0.05, 0.1) is 0 Å². The van der Waals surface area contributed by atoms with Crippen LogP contribution in [-0.4, -0.2) is 29.7 Å². The minimum atomic E-state index is 0.540. The topological polar surface area (TPSA) is 113 Å². The molecule has 0 saturated heterocycles. The van der Waals surface area contributed by atoms with E-state index in [0.29, 0.717) is 22.0 Å². The van der Waals surface area contributed by atoms with Gasteiger partial charge in [0, 0.05) is 11.1 Å². The van der Waals surface area contributed by atoms with Crippen molar-refractivity contribution >= 4 is 21.6 Å². The van der Waals surface area contributed by atoms with Crippen LogP contribution in [0.5, 0.6) is 0 Å². The fourth-order valence-electron chi connectivity index (χ4n) is 2.31. The largest absolute Gasteiger partial charge is 0.335 e. The molecule has 0 radical (unpaired) electrons. The Hall–Kier alpha value is -2.98. The maximum absolute atomic E-state index is 6.12. The smallest absolute Gasteiger partial charge is 0.221 e. The first-order valence-corrected chi connectivity index (χ1v) is 9.75. The minimum Gasteiger partial charge on any atom is -0.335 e. The maximum Gasteiger partial charge on any atom is 0.221 e. The second kappa shape index (κ2) is 7.10. The minimum absolute atomic E-state index is 0.540. The molecule has 2 aromatic heterocycles. The molecule has 0 aliphatic carbocycles. The van der Waals surface area contributed by atoms with Gasteiger partial charge in [-0.25, -0.2) is 9.35 Å². The van der Waals surface area contributed by atoms with Crippen molar-refractivity contribution in [3.8, 4) is 22.8 Å². The van der Waals surface area contributed by atoms with Crippen LogP contribution in [0.1, 0.15) is 0 Å². The van der Waals surface area contributed by atoms with E-state index in [1.165, 1.54) is 30.9 Å². The lowest BCUT2D eigenvalue weighted by molar-refractivity contribution is 0.848. The van der Waals surface area contributed by atoms with Gasteiger partial charge in [-0.15, -0.1) is 20.4 Å². The van der Waals surface area contributed by atoms with Crippen molar-refractivity contribution in [3.05, 3.63) is 60.7 Å². The molecule has 0 bridgehead atoms. The van der Waals surface area contributed by atoms with Crippen molar-refractivity contribution in [2.24, 2.45) is 0 Å². The molecule has 0 fully saturated rings. The first kappa shape index (κ1) is 16.5. The summed E-state index contributed by atoms with van der Waals surface area (Å²) in [5, 5.41) is 17.7. The molecule has 130 valence electrons. The van der Waals surface area contributed by atoms with E-state index >= 15 is 0 Å². The normalized spacial score (nSPS) is 10.9. The van der Waals surface area contributed by atoms with Gasteiger partial charge in [-0.1, -0.05) is 60.7 Å². The van der Waals surface area contributed by atoms with E-state index in [2.05, 4.69) is 20.4 Å². The predicted molar refractivity (Wildman–Crippen MR) is 103 cm³/mol. The van der Waals surface area contributed by atoms with Gasteiger partial charge in [0.25, 0.3) is 0 Å². The number of hydrogen-bond donors (Lipinski definition) is 2. The van der Waals surface area contributed by atoms with E-state index in [9.17, 15) is 0 Å². The number of hydrogen-bond acceptors (Lipinski definition) is 8. The molecule has 2 heterocycles. The Labute approximate surface area is 157 Å². The van der Waals surface area contributed by atoms with E-state index in [0.717, 1.165) is 11.1 Å². The molecule has 0 aliphatic heterocycles. The first-order chi connectivity index (χ1) is 12.7. The average Bonchev–Trinajstić information content (AvgIpc) is 3.24. The molecule has 0 amide bonds. The van der Waals surface area contributed by atoms with Crippen LogP contribution in [0.4, 0.5) is 0 Å². The number of nitrogens with zero attached hydrogens (tertiary/aromatic N) is 6.